The Labute approximate surface area is 142 Å². The zero-order chi connectivity index (χ0) is 16.9. The summed E-state index contributed by atoms with van der Waals surface area (Å²) in [7, 11) is 0. The lowest BCUT2D eigenvalue weighted by atomic mass is 9.95. The Morgan fingerprint density at radius 2 is 2.09 bits per heavy atom. The van der Waals surface area contributed by atoms with Gasteiger partial charge in [-0.2, -0.15) is 0 Å². The molecule has 7 heteroatoms. The standard InChI is InChI=1S/C16H24ClN3O3/c1-16(2,3)23-15(21)20-7-4-5-12(11-20)6-8-22-14-18-9-13(17)10-19-14/h9-10,12H,4-8,11H2,1-3H3. The van der Waals surface area contributed by atoms with E-state index in [4.69, 9.17) is 21.1 Å². The summed E-state index contributed by atoms with van der Waals surface area (Å²) >= 11 is 5.73. The molecule has 0 aromatic carbocycles. The van der Waals surface area contributed by atoms with Crippen molar-refractivity contribution in [1.29, 1.82) is 0 Å². The summed E-state index contributed by atoms with van der Waals surface area (Å²) < 4.78 is 11.0. The molecule has 23 heavy (non-hydrogen) atoms. The van der Waals surface area contributed by atoms with E-state index >= 15 is 0 Å². The van der Waals surface area contributed by atoms with Crippen molar-refractivity contribution in [3.63, 3.8) is 0 Å². The first-order valence-corrected chi connectivity index (χ1v) is 8.29. The Morgan fingerprint density at radius 3 is 2.74 bits per heavy atom. The van der Waals surface area contributed by atoms with Crippen LogP contribution in [0.2, 0.25) is 5.02 Å². The molecule has 0 aliphatic carbocycles. The van der Waals surface area contributed by atoms with Crippen LogP contribution in [0.25, 0.3) is 0 Å². The first kappa shape index (κ1) is 17.8. The molecular formula is C16H24ClN3O3. The van der Waals surface area contributed by atoms with Gasteiger partial charge in [-0.1, -0.05) is 11.6 Å². The van der Waals surface area contributed by atoms with Crippen molar-refractivity contribution in [2.75, 3.05) is 19.7 Å². The molecule has 0 bridgehead atoms. The number of piperidine rings is 1. The van der Waals surface area contributed by atoms with E-state index in [0.717, 1.165) is 25.8 Å². The molecule has 0 saturated carbocycles. The summed E-state index contributed by atoms with van der Waals surface area (Å²) in [5.74, 6) is 0.406. The highest BCUT2D eigenvalue weighted by atomic mass is 35.5. The van der Waals surface area contributed by atoms with Crippen LogP contribution < -0.4 is 4.74 Å². The SMILES string of the molecule is CC(C)(C)OC(=O)N1CCCC(CCOc2ncc(Cl)cn2)C1. The Bertz CT molecular complexity index is 516. The van der Waals surface area contributed by atoms with Crippen molar-refractivity contribution in [2.45, 2.75) is 45.6 Å². The minimum absolute atomic E-state index is 0.232. The summed E-state index contributed by atoms with van der Waals surface area (Å²) in [5.41, 5.74) is -0.459. The summed E-state index contributed by atoms with van der Waals surface area (Å²) in [6, 6.07) is 0.328. The normalized spacial score (nSPS) is 18.6. The molecule has 128 valence electrons. The fourth-order valence-corrected chi connectivity index (χ4v) is 2.58. The third-order valence-electron chi connectivity index (χ3n) is 3.52. The van der Waals surface area contributed by atoms with Crippen LogP contribution in [0.3, 0.4) is 0 Å². The minimum Gasteiger partial charge on any atom is -0.463 e. The third-order valence-corrected chi connectivity index (χ3v) is 3.72. The molecular weight excluding hydrogens is 318 g/mol. The van der Waals surface area contributed by atoms with Gasteiger partial charge in [-0.05, 0) is 46.0 Å². The van der Waals surface area contributed by atoms with Crippen LogP contribution in [0.4, 0.5) is 4.79 Å². The van der Waals surface area contributed by atoms with E-state index in [1.54, 1.807) is 4.90 Å². The minimum atomic E-state index is -0.459. The molecule has 1 atom stereocenters. The summed E-state index contributed by atoms with van der Waals surface area (Å²) in [4.78, 5) is 21.9. The first-order chi connectivity index (χ1) is 10.8. The highest BCUT2D eigenvalue weighted by molar-refractivity contribution is 6.30. The molecule has 2 rings (SSSR count). The fourth-order valence-electron chi connectivity index (χ4n) is 2.48. The zero-order valence-electron chi connectivity index (χ0n) is 13.9. The molecule has 1 aromatic heterocycles. The van der Waals surface area contributed by atoms with E-state index in [1.165, 1.54) is 12.4 Å². The van der Waals surface area contributed by atoms with Gasteiger partial charge in [0, 0.05) is 13.1 Å². The fraction of sp³-hybridized carbons (Fsp3) is 0.688. The molecule has 1 amide bonds. The number of amides is 1. The van der Waals surface area contributed by atoms with Gasteiger partial charge in [0.25, 0.3) is 0 Å². The number of carbonyl (C=O) groups is 1. The van der Waals surface area contributed by atoms with Gasteiger partial charge in [0.05, 0.1) is 24.0 Å². The molecule has 6 nitrogen and oxygen atoms in total. The molecule has 0 spiro atoms. The molecule has 1 fully saturated rings. The lowest BCUT2D eigenvalue weighted by Gasteiger charge is -2.34. The molecule has 1 unspecified atom stereocenters. The van der Waals surface area contributed by atoms with Gasteiger partial charge in [0.1, 0.15) is 5.60 Å². The van der Waals surface area contributed by atoms with Crippen LogP contribution >= 0.6 is 11.6 Å². The molecule has 1 aliphatic heterocycles. The summed E-state index contributed by atoms with van der Waals surface area (Å²) in [6.07, 6.45) is 5.71. The topological polar surface area (TPSA) is 64.5 Å². The average Bonchev–Trinajstić information content (AvgIpc) is 2.48. The zero-order valence-corrected chi connectivity index (χ0v) is 14.7. The van der Waals surface area contributed by atoms with Crippen LogP contribution in [-0.2, 0) is 4.74 Å². The van der Waals surface area contributed by atoms with Gasteiger partial charge in [-0.15, -0.1) is 0 Å². The molecule has 2 heterocycles. The van der Waals surface area contributed by atoms with E-state index < -0.39 is 5.60 Å². The highest BCUT2D eigenvalue weighted by Crippen LogP contribution is 2.22. The maximum absolute atomic E-state index is 12.1. The van der Waals surface area contributed by atoms with Crippen LogP contribution in [0, 0.1) is 5.92 Å². The molecule has 1 aromatic rings. The van der Waals surface area contributed by atoms with E-state index in [0.29, 0.717) is 30.1 Å². The van der Waals surface area contributed by atoms with Crippen molar-refractivity contribution in [2.24, 2.45) is 5.92 Å². The number of halogens is 1. The molecule has 0 N–H and O–H groups in total. The predicted molar refractivity (Wildman–Crippen MR) is 87.7 cm³/mol. The second-order valence-electron chi connectivity index (χ2n) is 6.76. The van der Waals surface area contributed by atoms with Crippen molar-refractivity contribution in [3.05, 3.63) is 17.4 Å². The van der Waals surface area contributed by atoms with E-state index in [1.807, 2.05) is 20.8 Å². The summed E-state index contributed by atoms with van der Waals surface area (Å²) in [5, 5.41) is 0.484. The van der Waals surface area contributed by atoms with E-state index in [-0.39, 0.29) is 6.09 Å². The van der Waals surface area contributed by atoms with Crippen LogP contribution in [-0.4, -0.2) is 46.3 Å². The second-order valence-corrected chi connectivity index (χ2v) is 7.19. The number of rotatable bonds is 4. The molecule has 1 aliphatic rings. The van der Waals surface area contributed by atoms with Gasteiger partial charge in [0.2, 0.25) is 0 Å². The molecule has 0 radical (unpaired) electrons. The van der Waals surface area contributed by atoms with Crippen molar-refractivity contribution in [1.82, 2.24) is 14.9 Å². The molecule has 1 saturated heterocycles. The Hall–Kier alpha value is -1.56. The smallest absolute Gasteiger partial charge is 0.410 e. The van der Waals surface area contributed by atoms with Crippen LogP contribution in [0.15, 0.2) is 12.4 Å². The number of carbonyl (C=O) groups excluding carboxylic acids is 1. The van der Waals surface area contributed by atoms with Gasteiger partial charge in [-0.25, -0.2) is 14.8 Å². The maximum atomic E-state index is 12.1. The van der Waals surface area contributed by atoms with Crippen LogP contribution in [0.1, 0.15) is 40.0 Å². The lowest BCUT2D eigenvalue weighted by molar-refractivity contribution is 0.0154. The van der Waals surface area contributed by atoms with Gasteiger partial charge >= 0.3 is 12.1 Å². The quantitative estimate of drug-likeness (QED) is 0.838. The number of nitrogens with zero attached hydrogens (tertiary/aromatic N) is 3. The van der Waals surface area contributed by atoms with E-state index in [2.05, 4.69) is 9.97 Å². The van der Waals surface area contributed by atoms with Gasteiger partial charge < -0.3 is 14.4 Å². The Balaban J connectivity index is 1.75. The van der Waals surface area contributed by atoms with Crippen molar-refractivity contribution in [3.8, 4) is 6.01 Å². The highest BCUT2D eigenvalue weighted by Gasteiger charge is 2.27. The largest absolute Gasteiger partial charge is 0.463 e. The van der Waals surface area contributed by atoms with Crippen molar-refractivity contribution < 1.29 is 14.3 Å². The van der Waals surface area contributed by atoms with Gasteiger partial charge in [-0.3, -0.25) is 0 Å². The number of hydrogen-bond donors (Lipinski definition) is 0. The lowest BCUT2D eigenvalue weighted by Crippen LogP contribution is -2.43. The summed E-state index contributed by atoms with van der Waals surface area (Å²) in [6.45, 7) is 7.63. The number of hydrogen-bond acceptors (Lipinski definition) is 5. The number of ether oxygens (including phenoxy) is 2. The third kappa shape index (κ3) is 6.22. The van der Waals surface area contributed by atoms with E-state index in [9.17, 15) is 4.79 Å². The average molecular weight is 342 g/mol. The first-order valence-electron chi connectivity index (χ1n) is 7.92. The monoisotopic (exact) mass is 341 g/mol. The maximum Gasteiger partial charge on any atom is 0.410 e. The van der Waals surface area contributed by atoms with Crippen LogP contribution in [0.5, 0.6) is 6.01 Å². The Morgan fingerprint density at radius 1 is 1.39 bits per heavy atom. The van der Waals surface area contributed by atoms with Crippen molar-refractivity contribution >= 4 is 17.7 Å². The number of likely N-dealkylation sites (tertiary alicyclic amines) is 1. The van der Waals surface area contributed by atoms with Gasteiger partial charge in [0.15, 0.2) is 0 Å². The Kier molecular flexibility index (Phi) is 6.04. The predicted octanol–water partition coefficient (Wildman–Crippen LogP) is 3.55. The number of aromatic nitrogens is 2. The second kappa shape index (κ2) is 7.81.